The van der Waals surface area contributed by atoms with Crippen LogP contribution >= 0.6 is 0 Å². The van der Waals surface area contributed by atoms with Crippen molar-refractivity contribution in [1.29, 1.82) is 0 Å². The summed E-state index contributed by atoms with van der Waals surface area (Å²) in [7, 11) is 0. The van der Waals surface area contributed by atoms with Gasteiger partial charge in [-0.05, 0) is 32.9 Å². The molecule has 0 aliphatic heterocycles. The summed E-state index contributed by atoms with van der Waals surface area (Å²) in [6.45, 7) is 9.68. The number of aromatic nitrogens is 2. The maximum absolute atomic E-state index is 5.97. The first-order valence-corrected chi connectivity index (χ1v) is 7.95. The molecule has 1 aromatic heterocycles. The summed E-state index contributed by atoms with van der Waals surface area (Å²) >= 11 is 0. The minimum Gasteiger partial charge on any atom is -0.334 e. The van der Waals surface area contributed by atoms with Crippen molar-refractivity contribution in [3.8, 4) is 0 Å². The van der Waals surface area contributed by atoms with Gasteiger partial charge >= 0.3 is 0 Å². The molecule has 0 amide bonds. The summed E-state index contributed by atoms with van der Waals surface area (Å²) in [6.07, 6.45) is 8.88. The van der Waals surface area contributed by atoms with Crippen molar-refractivity contribution in [2.75, 3.05) is 13.1 Å². The second kappa shape index (κ2) is 6.70. The van der Waals surface area contributed by atoms with Crippen LogP contribution in [-0.2, 0) is 6.54 Å². The molecule has 1 aliphatic carbocycles. The summed E-state index contributed by atoms with van der Waals surface area (Å²) in [6, 6.07) is 0.0971. The van der Waals surface area contributed by atoms with E-state index in [0.717, 1.165) is 25.5 Å². The number of aryl methyl sites for hydroxylation is 1. The molecule has 1 atom stereocenters. The average molecular weight is 279 g/mol. The normalized spacial score (nSPS) is 19.6. The van der Waals surface area contributed by atoms with Crippen LogP contribution in [0.15, 0.2) is 12.4 Å². The Hall–Kier alpha value is -0.910. The van der Waals surface area contributed by atoms with Gasteiger partial charge in [0.15, 0.2) is 0 Å². The molecule has 0 bridgehead atoms. The molecule has 1 saturated carbocycles. The second-order valence-corrected chi connectivity index (χ2v) is 5.65. The second-order valence-electron chi connectivity index (χ2n) is 5.65. The van der Waals surface area contributed by atoms with E-state index in [-0.39, 0.29) is 11.6 Å². The van der Waals surface area contributed by atoms with Crippen LogP contribution in [0.5, 0.6) is 0 Å². The van der Waals surface area contributed by atoms with Gasteiger partial charge in [-0.25, -0.2) is 10.4 Å². The van der Waals surface area contributed by atoms with Crippen LogP contribution in [0.4, 0.5) is 0 Å². The van der Waals surface area contributed by atoms with Crippen molar-refractivity contribution in [2.45, 2.75) is 64.6 Å². The Labute approximate surface area is 122 Å². The molecule has 1 heterocycles. The zero-order valence-electron chi connectivity index (χ0n) is 13.1. The third-order valence-corrected chi connectivity index (χ3v) is 4.91. The molecule has 1 unspecified atom stereocenters. The largest absolute Gasteiger partial charge is 0.334 e. The van der Waals surface area contributed by atoms with Crippen LogP contribution < -0.4 is 11.3 Å². The number of nitrogens with one attached hydrogen (secondary N) is 1. The Morgan fingerprint density at radius 2 is 2.00 bits per heavy atom. The monoisotopic (exact) mass is 279 g/mol. The third kappa shape index (κ3) is 2.50. The van der Waals surface area contributed by atoms with Crippen molar-refractivity contribution in [3.63, 3.8) is 0 Å². The number of hydrogen-bond acceptors (Lipinski definition) is 4. The van der Waals surface area contributed by atoms with Crippen molar-refractivity contribution < 1.29 is 0 Å². The number of likely N-dealkylation sites (N-methyl/N-ethyl adjacent to an activating group) is 1. The highest BCUT2D eigenvalue weighted by Gasteiger charge is 2.46. The van der Waals surface area contributed by atoms with Gasteiger partial charge in [-0.1, -0.05) is 26.7 Å². The molecule has 114 valence electrons. The molecule has 0 radical (unpaired) electrons. The van der Waals surface area contributed by atoms with Gasteiger partial charge in [-0.2, -0.15) is 0 Å². The highest BCUT2D eigenvalue weighted by molar-refractivity contribution is 5.12. The lowest BCUT2D eigenvalue weighted by Gasteiger charge is -2.45. The summed E-state index contributed by atoms with van der Waals surface area (Å²) in [4.78, 5) is 7.16. The number of nitrogens with zero attached hydrogens (tertiary/aromatic N) is 3. The fraction of sp³-hybridized carbons (Fsp3) is 0.800. The van der Waals surface area contributed by atoms with E-state index in [2.05, 4.69) is 40.6 Å². The smallest absolute Gasteiger partial charge is 0.129 e. The molecule has 0 spiro atoms. The molecule has 1 fully saturated rings. The molecule has 3 N–H and O–H groups in total. The van der Waals surface area contributed by atoms with Crippen molar-refractivity contribution in [3.05, 3.63) is 18.2 Å². The van der Waals surface area contributed by atoms with E-state index in [1.54, 1.807) is 0 Å². The van der Waals surface area contributed by atoms with E-state index >= 15 is 0 Å². The Kier molecular flexibility index (Phi) is 5.18. The van der Waals surface area contributed by atoms with E-state index < -0.39 is 0 Å². The van der Waals surface area contributed by atoms with E-state index in [1.165, 1.54) is 25.7 Å². The van der Waals surface area contributed by atoms with Gasteiger partial charge < -0.3 is 4.57 Å². The summed E-state index contributed by atoms with van der Waals surface area (Å²) in [5.41, 5.74) is 3.19. The van der Waals surface area contributed by atoms with Crippen LogP contribution in [0.2, 0.25) is 0 Å². The van der Waals surface area contributed by atoms with Crippen LogP contribution in [0.25, 0.3) is 0 Å². The van der Waals surface area contributed by atoms with E-state index in [0.29, 0.717) is 0 Å². The van der Waals surface area contributed by atoms with Gasteiger partial charge in [0.1, 0.15) is 5.82 Å². The Bertz CT molecular complexity index is 404. The minimum absolute atomic E-state index is 0.0971. The van der Waals surface area contributed by atoms with Crippen molar-refractivity contribution >= 4 is 0 Å². The van der Waals surface area contributed by atoms with Crippen LogP contribution in [-0.4, -0.2) is 33.1 Å². The number of rotatable bonds is 7. The lowest BCUT2D eigenvalue weighted by molar-refractivity contribution is 0.0581. The number of imidazole rings is 1. The van der Waals surface area contributed by atoms with Gasteiger partial charge in [0.25, 0.3) is 0 Å². The van der Waals surface area contributed by atoms with Crippen LogP contribution in [0.3, 0.4) is 0 Å². The van der Waals surface area contributed by atoms with Gasteiger partial charge in [0.05, 0.1) is 6.04 Å². The first-order chi connectivity index (χ1) is 9.73. The molecule has 2 rings (SSSR count). The molecule has 5 nitrogen and oxygen atoms in total. The lowest BCUT2D eigenvalue weighted by atomic mass is 9.85. The van der Waals surface area contributed by atoms with Crippen LogP contribution in [0, 0.1) is 0 Å². The van der Waals surface area contributed by atoms with Gasteiger partial charge in [0, 0.05) is 24.5 Å². The Balaban J connectivity index is 2.40. The molecule has 5 heteroatoms. The van der Waals surface area contributed by atoms with Gasteiger partial charge in [0.2, 0.25) is 0 Å². The number of nitrogens with two attached hydrogens (primary N) is 1. The fourth-order valence-corrected chi connectivity index (χ4v) is 3.95. The van der Waals surface area contributed by atoms with Gasteiger partial charge in [-0.3, -0.25) is 10.7 Å². The molecule has 20 heavy (non-hydrogen) atoms. The SMILES string of the molecule is CCN(CC)C1(C(NN)c2nccn2CC)CCCC1. The van der Waals surface area contributed by atoms with Crippen molar-refractivity contribution in [1.82, 2.24) is 19.9 Å². The zero-order valence-corrected chi connectivity index (χ0v) is 13.1. The maximum Gasteiger partial charge on any atom is 0.129 e. The average Bonchev–Trinajstić information content (AvgIpc) is 3.11. The fourth-order valence-electron chi connectivity index (χ4n) is 3.95. The molecule has 1 aromatic rings. The van der Waals surface area contributed by atoms with E-state index in [4.69, 9.17) is 5.84 Å². The van der Waals surface area contributed by atoms with E-state index in [9.17, 15) is 0 Å². The first-order valence-electron chi connectivity index (χ1n) is 7.95. The summed E-state index contributed by atoms with van der Waals surface area (Å²) in [5.74, 6) is 7.04. The first kappa shape index (κ1) is 15.5. The molecular formula is C15H29N5. The Morgan fingerprint density at radius 1 is 1.35 bits per heavy atom. The minimum atomic E-state index is 0.0971. The predicted molar refractivity (Wildman–Crippen MR) is 82.1 cm³/mol. The number of hydrogen-bond donors (Lipinski definition) is 2. The third-order valence-electron chi connectivity index (χ3n) is 4.91. The lowest BCUT2D eigenvalue weighted by Crippen LogP contribution is -2.57. The zero-order chi connectivity index (χ0) is 14.6. The molecule has 0 saturated heterocycles. The molecular weight excluding hydrogens is 250 g/mol. The highest BCUT2D eigenvalue weighted by atomic mass is 15.3. The quantitative estimate of drug-likeness (QED) is 0.592. The topological polar surface area (TPSA) is 59.1 Å². The van der Waals surface area contributed by atoms with Crippen molar-refractivity contribution in [2.24, 2.45) is 5.84 Å². The predicted octanol–water partition coefficient (Wildman–Crippen LogP) is 2.06. The molecule has 1 aliphatic rings. The standard InChI is InChI=1S/C15H29N5/c1-4-19-12-11-17-14(19)13(18-16)15(9-7-8-10-15)20(5-2)6-3/h11-13,18H,4-10,16H2,1-3H3. The van der Waals surface area contributed by atoms with Gasteiger partial charge in [-0.15, -0.1) is 0 Å². The summed E-state index contributed by atoms with van der Waals surface area (Å²) in [5, 5.41) is 0. The highest BCUT2D eigenvalue weighted by Crippen LogP contribution is 2.43. The maximum atomic E-state index is 5.97. The molecule has 0 aromatic carbocycles. The summed E-state index contributed by atoms with van der Waals surface area (Å²) < 4.78 is 2.20. The van der Waals surface area contributed by atoms with Crippen LogP contribution in [0.1, 0.15) is 58.3 Å². The Morgan fingerprint density at radius 3 is 2.50 bits per heavy atom. The number of hydrazine groups is 1. The van der Waals surface area contributed by atoms with E-state index in [1.807, 2.05) is 12.4 Å².